The molecule has 0 aliphatic rings. The molecule has 0 fully saturated rings. The second-order valence-corrected chi connectivity index (χ2v) is 7.95. The first-order valence-corrected chi connectivity index (χ1v) is 10.9. The molecule has 0 bridgehead atoms. The number of nitrogens with one attached hydrogen (secondary N) is 1. The SMILES string of the molecule is COC(=O)c1ccc(N(c2csc(C#Cc3cc(C(F)(F)F)[nH]c(=O)c3)n2)S(=O)[O-])c(OC)c1. The van der Waals surface area contributed by atoms with E-state index in [2.05, 4.69) is 21.6 Å². The number of carbonyl (C=O) groups excluding carboxylic acids is 1. The molecule has 0 amide bonds. The Bertz CT molecular complexity index is 1370. The maximum atomic E-state index is 12.9. The summed E-state index contributed by atoms with van der Waals surface area (Å²) in [6, 6.07) is 5.51. The van der Waals surface area contributed by atoms with Crippen LogP contribution < -0.4 is 14.6 Å². The Kier molecular flexibility index (Phi) is 7.40. The third-order valence-corrected chi connectivity index (χ3v) is 5.56. The van der Waals surface area contributed by atoms with E-state index < -0.39 is 34.7 Å². The highest BCUT2D eigenvalue weighted by Crippen LogP contribution is 2.36. The average molecular weight is 512 g/mol. The Hall–Kier alpha value is -3.67. The third-order valence-electron chi connectivity index (χ3n) is 4.13. The molecule has 178 valence electrons. The molecule has 9 nitrogen and oxygen atoms in total. The Morgan fingerprint density at radius 2 is 1.97 bits per heavy atom. The van der Waals surface area contributed by atoms with E-state index in [1.807, 2.05) is 0 Å². The lowest BCUT2D eigenvalue weighted by molar-refractivity contribution is -0.141. The Morgan fingerprint density at radius 1 is 1.24 bits per heavy atom. The predicted molar refractivity (Wildman–Crippen MR) is 116 cm³/mol. The van der Waals surface area contributed by atoms with Crippen LogP contribution in [0.5, 0.6) is 5.75 Å². The summed E-state index contributed by atoms with van der Waals surface area (Å²) in [5.41, 5.74) is -2.26. The monoisotopic (exact) mass is 512 g/mol. The van der Waals surface area contributed by atoms with Crippen molar-refractivity contribution in [3.63, 3.8) is 0 Å². The van der Waals surface area contributed by atoms with E-state index in [-0.39, 0.29) is 33.4 Å². The lowest BCUT2D eigenvalue weighted by atomic mass is 10.2. The summed E-state index contributed by atoms with van der Waals surface area (Å²) in [7, 11) is 2.47. The number of anilines is 2. The number of esters is 1. The van der Waals surface area contributed by atoms with Gasteiger partial charge in [-0.2, -0.15) is 13.2 Å². The maximum Gasteiger partial charge on any atom is 0.431 e. The summed E-state index contributed by atoms with van der Waals surface area (Å²) in [5.74, 6) is 4.23. The number of H-pyrrole nitrogens is 1. The number of benzene rings is 1. The van der Waals surface area contributed by atoms with E-state index in [4.69, 9.17) is 4.74 Å². The summed E-state index contributed by atoms with van der Waals surface area (Å²) < 4.78 is 73.1. The van der Waals surface area contributed by atoms with Crippen LogP contribution in [0.1, 0.15) is 26.6 Å². The van der Waals surface area contributed by atoms with Gasteiger partial charge in [0.05, 0.1) is 36.7 Å². The van der Waals surface area contributed by atoms with Gasteiger partial charge in [-0.05, 0) is 30.2 Å². The van der Waals surface area contributed by atoms with Gasteiger partial charge in [0.15, 0.2) is 10.8 Å². The van der Waals surface area contributed by atoms with Crippen molar-refractivity contribution in [2.45, 2.75) is 6.18 Å². The van der Waals surface area contributed by atoms with Gasteiger partial charge in [0.2, 0.25) is 5.56 Å². The highest BCUT2D eigenvalue weighted by atomic mass is 32.2. The summed E-state index contributed by atoms with van der Waals surface area (Å²) >= 11 is -1.94. The number of aromatic amines is 1. The van der Waals surface area contributed by atoms with Gasteiger partial charge in [-0.15, -0.1) is 11.3 Å². The van der Waals surface area contributed by atoms with Gasteiger partial charge in [-0.1, -0.05) is 5.92 Å². The minimum atomic E-state index is -4.76. The summed E-state index contributed by atoms with van der Waals surface area (Å²) in [4.78, 5) is 29.0. The molecule has 2 aromatic heterocycles. The number of pyridine rings is 1. The summed E-state index contributed by atoms with van der Waals surface area (Å²) in [6.07, 6.45) is -4.76. The molecule has 2 heterocycles. The van der Waals surface area contributed by atoms with Crippen LogP contribution >= 0.6 is 11.3 Å². The number of rotatable bonds is 5. The van der Waals surface area contributed by atoms with Gasteiger partial charge >= 0.3 is 12.1 Å². The first-order valence-electron chi connectivity index (χ1n) is 8.98. The highest BCUT2D eigenvalue weighted by molar-refractivity contribution is 7.81. The van der Waals surface area contributed by atoms with Crippen LogP contribution in [0, 0.1) is 11.8 Å². The topological polar surface area (TPSA) is 125 Å². The molecule has 0 saturated heterocycles. The normalized spacial score (nSPS) is 11.8. The van der Waals surface area contributed by atoms with Crippen LogP contribution in [-0.2, 0) is 22.2 Å². The highest BCUT2D eigenvalue weighted by Gasteiger charge is 2.32. The van der Waals surface area contributed by atoms with Gasteiger partial charge in [-0.3, -0.25) is 9.00 Å². The number of carbonyl (C=O) groups is 1. The van der Waals surface area contributed by atoms with Crippen molar-refractivity contribution in [2.24, 2.45) is 0 Å². The van der Waals surface area contributed by atoms with Crippen molar-refractivity contribution in [1.82, 2.24) is 9.97 Å². The fraction of sp³-hybridized carbons (Fsp3) is 0.150. The van der Waals surface area contributed by atoms with Crippen LogP contribution in [0.4, 0.5) is 24.7 Å². The number of methoxy groups -OCH3 is 2. The molecule has 0 radical (unpaired) electrons. The number of halogens is 3. The molecule has 0 saturated carbocycles. The molecule has 1 atom stereocenters. The Labute approximate surface area is 196 Å². The molecule has 3 aromatic rings. The van der Waals surface area contributed by atoms with Crippen LogP contribution in [0.15, 0.2) is 40.5 Å². The first kappa shape index (κ1) is 25.0. The van der Waals surface area contributed by atoms with E-state index >= 15 is 0 Å². The van der Waals surface area contributed by atoms with Crippen LogP contribution in [-0.4, -0.2) is 38.9 Å². The largest absolute Gasteiger partial charge is 0.755 e. The smallest absolute Gasteiger partial charge is 0.431 e. The number of hydrogen-bond acceptors (Lipinski definition) is 8. The fourth-order valence-electron chi connectivity index (χ4n) is 2.68. The number of ether oxygens (including phenoxy) is 2. The van der Waals surface area contributed by atoms with Crippen molar-refractivity contribution in [3.05, 3.63) is 67.9 Å². The van der Waals surface area contributed by atoms with E-state index in [1.54, 1.807) is 4.98 Å². The van der Waals surface area contributed by atoms with Crippen molar-refractivity contribution in [1.29, 1.82) is 0 Å². The zero-order valence-corrected chi connectivity index (χ0v) is 18.9. The summed E-state index contributed by atoms with van der Waals surface area (Å²) in [6.45, 7) is 0. The zero-order chi connectivity index (χ0) is 25.0. The molecule has 3 rings (SSSR count). The fourth-order valence-corrected chi connectivity index (χ4v) is 3.94. The molecule has 34 heavy (non-hydrogen) atoms. The molecule has 0 aliphatic heterocycles. The van der Waals surface area contributed by atoms with Crippen LogP contribution in [0.3, 0.4) is 0 Å². The van der Waals surface area contributed by atoms with Gasteiger partial charge in [0.1, 0.15) is 11.4 Å². The second-order valence-electron chi connectivity index (χ2n) is 6.30. The van der Waals surface area contributed by atoms with Gasteiger partial charge in [0.25, 0.3) is 0 Å². The molecule has 1 unspecified atom stereocenters. The first-order chi connectivity index (χ1) is 16.0. The molecular formula is C20H13F3N3O6S2-. The van der Waals surface area contributed by atoms with Gasteiger partial charge < -0.3 is 19.0 Å². The quantitative estimate of drug-likeness (QED) is 0.317. The standard InChI is InChI=1S/C20H14F3N3O6S2/c1-31-14-9-12(19(28)32-2)4-5-13(14)26(34(29)30)16-10-33-18(25-16)6-3-11-7-15(20(21,22)23)24-17(27)8-11/h4-5,7-10H,1-2H3,(H,24,27)(H,29,30)/p-1. The minimum Gasteiger partial charge on any atom is -0.755 e. The molecule has 0 spiro atoms. The summed E-state index contributed by atoms with van der Waals surface area (Å²) in [5, 5.41) is 1.43. The number of aromatic nitrogens is 2. The van der Waals surface area contributed by atoms with Crippen LogP contribution in [0.2, 0.25) is 0 Å². The van der Waals surface area contributed by atoms with E-state index in [9.17, 15) is 31.5 Å². The second kappa shape index (κ2) is 10.1. The van der Waals surface area contributed by atoms with Gasteiger partial charge in [0, 0.05) is 17.0 Å². The Morgan fingerprint density at radius 3 is 2.59 bits per heavy atom. The molecule has 1 N–H and O–H groups in total. The number of thiazole rings is 1. The lowest BCUT2D eigenvalue weighted by Crippen LogP contribution is -2.20. The molecule has 1 aromatic carbocycles. The number of nitrogens with zero attached hydrogens (tertiary/aromatic N) is 2. The molecule has 14 heteroatoms. The van der Waals surface area contributed by atoms with E-state index in [1.165, 1.54) is 37.8 Å². The van der Waals surface area contributed by atoms with Crippen LogP contribution in [0.25, 0.3) is 0 Å². The van der Waals surface area contributed by atoms with Crippen molar-refractivity contribution < 1.29 is 36.2 Å². The Balaban J connectivity index is 1.97. The molecule has 0 aliphatic carbocycles. The average Bonchev–Trinajstić information content (AvgIpc) is 3.24. The minimum absolute atomic E-state index is 0.0379. The van der Waals surface area contributed by atoms with E-state index in [0.29, 0.717) is 6.07 Å². The van der Waals surface area contributed by atoms with Crippen molar-refractivity contribution in [3.8, 4) is 17.6 Å². The molecular weight excluding hydrogens is 499 g/mol. The number of hydrogen-bond donors (Lipinski definition) is 1. The van der Waals surface area contributed by atoms with Crippen molar-refractivity contribution >= 4 is 40.1 Å². The zero-order valence-electron chi connectivity index (χ0n) is 17.3. The lowest BCUT2D eigenvalue weighted by Gasteiger charge is -2.25. The maximum absolute atomic E-state index is 12.9. The van der Waals surface area contributed by atoms with E-state index in [0.717, 1.165) is 21.7 Å². The van der Waals surface area contributed by atoms with Gasteiger partial charge in [-0.25, -0.2) is 14.1 Å². The predicted octanol–water partition coefficient (Wildman–Crippen LogP) is 2.98. The van der Waals surface area contributed by atoms with Crippen molar-refractivity contribution in [2.75, 3.05) is 18.5 Å². The number of alkyl halides is 3. The third kappa shape index (κ3) is 5.63.